The Balaban J connectivity index is 2.15. The topological polar surface area (TPSA) is 78.4 Å². The molecule has 0 spiro atoms. The molecule has 2 rings (SSSR count). The van der Waals surface area contributed by atoms with Crippen LogP contribution in [0.3, 0.4) is 0 Å². The molecule has 8 heteroatoms. The van der Waals surface area contributed by atoms with Crippen LogP contribution in [0.5, 0.6) is 23.0 Å². The van der Waals surface area contributed by atoms with E-state index in [9.17, 15) is 4.79 Å². The number of hydrazone groups is 1. The molecule has 0 bridgehead atoms. The zero-order valence-corrected chi connectivity index (χ0v) is 16.4. The Hall–Kier alpha value is -3.37. The van der Waals surface area contributed by atoms with Crippen molar-refractivity contribution in [1.29, 1.82) is 0 Å². The minimum atomic E-state index is -0.430. The lowest BCUT2D eigenvalue weighted by molar-refractivity contribution is 0.0954. The van der Waals surface area contributed by atoms with Gasteiger partial charge in [-0.2, -0.15) is 5.10 Å². The van der Waals surface area contributed by atoms with E-state index >= 15 is 0 Å². The second kappa shape index (κ2) is 10.1. The molecule has 28 heavy (non-hydrogen) atoms. The highest BCUT2D eigenvalue weighted by Crippen LogP contribution is 2.36. The van der Waals surface area contributed by atoms with Gasteiger partial charge in [-0.05, 0) is 29.8 Å². The summed E-state index contributed by atoms with van der Waals surface area (Å²) in [7, 11) is 4.48. The van der Waals surface area contributed by atoms with Gasteiger partial charge in [0.25, 0.3) is 5.91 Å². The highest BCUT2D eigenvalue weighted by Gasteiger charge is 2.12. The van der Waals surface area contributed by atoms with E-state index in [0.29, 0.717) is 39.1 Å². The van der Waals surface area contributed by atoms with Crippen LogP contribution >= 0.6 is 11.6 Å². The zero-order valence-electron chi connectivity index (χ0n) is 15.6. The largest absolute Gasteiger partial charge is 0.497 e. The van der Waals surface area contributed by atoms with Gasteiger partial charge >= 0.3 is 0 Å². The summed E-state index contributed by atoms with van der Waals surface area (Å²) in [5.74, 6) is 3.65. The van der Waals surface area contributed by atoms with Crippen LogP contribution in [0, 0.1) is 12.3 Å². The van der Waals surface area contributed by atoms with Gasteiger partial charge in [-0.25, -0.2) is 5.43 Å². The Morgan fingerprint density at radius 1 is 1.14 bits per heavy atom. The number of hydrogen-bond donors (Lipinski definition) is 1. The van der Waals surface area contributed by atoms with Crippen molar-refractivity contribution in [2.24, 2.45) is 5.10 Å². The molecular weight excluding hydrogens is 384 g/mol. The monoisotopic (exact) mass is 402 g/mol. The number of halogens is 1. The Morgan fingerprint density at radius 2 is 1.82 bits per heavy atom. The van der Waals surface area contributed by atoms with Crippen molar-refractivity contribution < 1.29 is 23.7 Å². The zero-order chi connectivity index (χ0) is 20.5. The molecule has 7 nitrogen and oxygen atoms in total. The van der Waals surface area contributed by atoms with Gasteiger partial charge in [0.2, 0.25) is 0 Å². The molecule has 0 unspecified atom stereocenters. The quantitative estimate of drug-likeness (QED) is 0.417. The molecule has 2 aromatic carbocycles. The van der Waals surface area contributed by atoms with Gasteiger partial charge < -0.3 is 18.9 Å². The van der Waals surface area contributed by atoms with E-state index in [0.717, 1.165) is 0 Å². The number of nitrogens with one attached hydrogen (secondary N) is 1. The van der Waals surface area contributed by atoms with E-state index in [1.165, 1.54) is 27.5 Å². The first-order valence-corrected chi connectivity index (χ1v) is 8.40. The summed E-state index contributed by atoms with van der Waals surface area (Å²) in [6, 6.07) is 8.08. The van der Waals surface area contributed by atoms with Crippen molar-refractivity contribution in [1.82, 2.24) is 5.43 Å². The van der Waals surface area contributed by atoms with E-state index in [1.54, 1.807) is 30.3 Å². The third-order valence-electron chi connectivity index (χ3n) is 3.54. The lowest BCUT2D eigenvalue weighted by Gasteiger charge is -2.11. The minimum Gasteiger partial charge on any atom is -0.497 e. The maximum atomic E-state index is 12.3. The molecule has 0 aromatic heterocycles. The lowest BCUT2D eigenvalue weighted by Crippen LogP contribution is -2.17. The molecule has 0 saturated carbocycles. The lowest BCUT2D eigenvalue weighted by atomic mass is 10.2. The number of rotatable bonds is 8. The van der Waals surface area contributed by atoms with Gasteiger partial charge in [0.15, 0.2) is 11.5 Å². The fourth-order valence-electron chi connectivity index (χ4n) is 2.24. The number of nitrogens with zero attached hydrogens (tertiary/aromatic N) is 1. The van der Waals surface area contributed by atoms with Gasteiger partial charge in [-0.1, -0.05) is 17.5 Å². The summed E-state index contributed by atoms with van der Waals surface area (Å²) in [6.07, 6.45) is 6.62. The SMILES string of the molecule is C#CCOc1c(Cl)cc(/C=N\NC(=O)c2cc(OC)cc(OC)c2)cc1OC. The summed E-state index contributed by atoms with van der Waals surface area (Å²) < 4.78 is 20.9. The fraction of sp³-hybridized carbons (Fsp3) is 0.200. The summed E-state index contributed by atoms with van der Waals surface area (Å²) in [5.41, 5.74) is 3.36. The van der Waals surface area contributed by atoms with Crippen LogP contribution < -0.4 is 24.4 Å². The van der Waals surface area contributed by atoms with Crippen molar-refractivity contribution in [3.63, 3.8) is 0 Å². The molecule has 0 atom stereocenters. The molecule has 0 aliphatic carbocycles. The van der Waals surface area contributed by atoms with Crippen molar-refractivity contribution >= 4 is 23.7 Å². The van der Waals surface area contributed by atoms with Gasteiger partial charge in [0.05, 0.1) is 32.6 Å². The van der Waals surface area contributed by atoms with Crippen molar-refractivity contribution in [2.45, 2.75) is 0 Å². The fourth-order valence-corrected chi connectivity index (χ4v) is 2.51. The highest BCUT2D eigenvalue weighted by molar-refractivity contribution is 6.32. The number of carbonyl (C=O) groups excluding carboxylic acids is 1. The van der Waals surface area contributed by atoms with E-state index in [4.69, 9.17) is 37.0 Å². The van der Waals surface area contributed by atoms with Crippen LogP contribution in [0.15, 0.2) is 35.4 Å². The highest BCUT2D eigenvalue weighted by atomic mass is 35.5. The first-order chi connectivity index (χ1) is 13.5. The van der Waals surface area contributed by atoms with Crippen LogP contribution in [-0.2, 0) is 0 Å². The number of ether oxygens (including phenoxy) is 4. The molecule has 1 amide bonds. The number of terminal acetylenes is 1. The van der Waals surface area contributed by atoms with E-state index in [1.807, 2.05) is 0 Å². The predicted octanol–water partition coefficient (Wildman–Crippen LogP) is 3.14. The van der Waals surface area contributed by atoms with E-state index in [-0.39, 0.29) is 6.61 Å². The van der Waals surface area contributed by atoms with Crippen molar-refractivity contribution in [2.75, 3.05) is 27.9 Å². The molecule has 0 heterocycles. The van der Waals surface area contributed by atoms with Crippen LogP contribution in [0.1, 0.15) is 15.9 Å². The van der Waals surface area contributed by atoms with Gasteiger partial charge in [0.1, 0.15) is 18.1 Å². The molecular formula is C20H19ClN2O5. The first-order valence-electron chi connectivity index (χ1n) is 8.02. The minimum absolute atomic E-state index is 0.0591. The molecule has 2 aromatic rings. The van der Waals surface area contributed by atoms with Crippen molar-refractivity contribution in [3.8, 4) is 35.3 Å². The number of amides is 1. The molecule has 1 N–H and O–H groups in total. The summed E-state index contributed by atoms with van der Waals surface area (Å²) >= 11 is 6.20. The Bertz CT molecular complexity index is 899. The Morgan fingerprint density at radius 3 is 2.39 bits per heavy atom. The Kier molecular flexibility index (Phi) is 7.55. The first kappa shape index (κ1) is 20.9. The standard InChI is InChI=1S/C20H19ClN2O5/c1-5-6-28-19-17(21)7-13(8-18(19)27-4)12-22-23-20(24)14-9-15(25-2)11-16(10-14)26-3/h1,7-12H,6H2,2-4H3,(H,23,24)/b22-12-. The van der Waals surface area contributed by atoms with E-state index in [2.05, 4.69) is 16.4 Å². The summed E-state index contributed by atoms with van der Waals surface area (Å²) in [5, 5.41) is 4.25. The summed E-state index contributed by atoms with van der Waals surface area (Å²) in [4.78, 5) is 12.3. The number of benzene rings is 2. The molecule has 0 aliphatic heterocycles. The normalized spacial score (nSPS) is 10.2. The van der Waals surface area contributed by atoms with Gasteiger partial charge in [-0.15, -0.1) is 6.42 Å². The van der Waals surface area contributed by atoms with Gasteiger partial charge in [0, 0.05) is 11.6 Å². The average Bonchev–Trinajstić information content (AvgIpc) is 2.71. The third kappa shape index (κ3) is 5.32. The maximum Gasteiger partial charge on any atom is 0.271 e. The second-order valence-electron chi connectivity index (χ2n) is 5.33. The van der Waals surface area contributed by atoms with Crippen LogP contribution in [0.4, 0.5) is 0 Å². The second-order valence-corrected chi connectivity index (χ2v) is 5.73. The number of hydrogen-bond acceptors (Lipinski definition) is 6. The molecule has 0 saturated heterocycles. The van der Waals surface area contributed by atoms with Crippen LogP contribution in [0.2, 0.25) is 5.02 Å². The molecule has 0 radical (unpaired) electrons. The molecule has 0 fully saturated rings. The maximum absolute atomic E-state index is 12.3. The van der Waals surface area contributed by atoms with Gasteiger partial charge in [-0.3, -0.25) is 4.79 Å². The third-order valence-corrected chi connectivity index (χ3v) is 3.83. The molecule has 146 valence electrons. The smallest absolute Gasteiger partial charge is 0.271 e. The average molecular weight is 403 g/mol. The van der Waals surface area contributed by atoms with Crippen molar-refractivity contribution in [3.05, 3.63) is 46.5 Å². The van der Waals surface area contributed by atoms with E-state index < -0.39 is 5.91 Å². The number of carbonyl (C=O) groups is 1. The predicted molar refractivity (Wildman–Crippen MR) is 107 cm³/mol. The number of methoxy groups -OCH3 is 3. The van der Waals surface area contributed by atoms with Crippen LogP contribution in [0.25, 0.3) is 0 Å². The van der Waals surface area contributed by atoms with Crippen LogP contribution in [-0.4, -0.2) is 40.1 Å². The summed E-state index contributed by atoms with van der Waals surface area (Å²) in [6.45, 7) is 0.0591. The Labute approximate surface area is 168 Å². The molecule has 0 aliphatic rings.